The van der Waals surface area contributed by atoms with Gasteiger partial charge >= 0.3 is 5.97 Å². The van der Waals surface area contributed by atoms with Crippen molar-refractivity contribution in [1.29, 1.82) is 0 Å². The molecule has 0 aliphatic carbocycles. The summed E-state index contributed by atoms with van der Waals surface area (Å²) in [6.07, 6.45) is -0.724. The summed E-state index contributed by atoms with van der Waals surface area (Å²) >= 11 is 6.08. The Morgan fingerprint density at radius 1 is 1.20 bits per heavy atom. The lowest BCUT2D eigenvalue weighted by Gasteiger charge is -2.30. The first-order valence-corrected chi connectivity index (χ1v) is 13.0. The quantitative estimate of drug-likeness (QED) is 0.527. The molecule has 1 heterocycles. The van der Waals surface area contributed by atoms with Crippen LogP contribution >= 0.6 is 11.6 Å². The first kappa shape index (κ1) is 26.7. The normalized spacial score (nSPS) is 16.3. The van der Waals surface area contributed by atoms with Crippen molar-refractivity contribution in [3.63, 3.8) is 0 Å². The smallest absolute Gasteiger partial charge is 0.376 e. The number of hydrogen-bond acceptors (Lipinski definition) is 7. The molecule has 0 bridgehead atoms. The Hall–Kier alpha value is -2.85. The number of likely N-dealkylation sites (N-methyl/N-ethyl adjacent to an activating group) is 1. The van der Waals surface area contributed by atoms with Crippen molar-refractivity contribution < 1.29 is 22.3 Å². The number of benzene rings is 2. The number of sulfonamides is 1. The molecule has 0 saturated carbocycles. The van der Waals surface area contributed by atoms with Gasteiger partial charge in [-0.1, -0.05) is 44.5 Å². The summed E-state index contributed by atoms with van der Waals surface area (Å²) < 4.78 is 48.5. The Morgan fingerprint density at radius 3 is 2.37 bits per heavy atom. The molecule has 0 amide bonds. The molecule has 0 aromatic heterocycles. The average molecular weight is 525 g/mol. The van der Waals surface area contributed by atoms with Gasteiger partial charge in [0.15, 0.2) is 0 Å². The molecule has 0 radical (unpaired) electrons. The molecule has 3 rings (SSSR count). The second-order valence-electron chi connectivity index (χ2n) is 9.12. The van der Waals surface area contributed by atoms with Crippen LogP contribution in [0, 0.1) is 5.82 Å². The fraction of sp³-hybridized carbons (Fsp3) is 0.417. The molecule has 0 spiro atoms. The van der Waals surface area contributed by atoms with Crippen molar-refractivity contribution in [2.24, 2.45) is 5.10 Å². The lowest BCUT2D eigenvalue weighted by Crippen LogP contribution is -2.36. The van der Waals surface area contributed by atoms with E-state index in [1.807, 2.05) is 27.7 Å². The van der Waals surface area contributed by atoms with E-state index in [0.717, 1.165) is 11.6 Å². The zero-order valence-corrected chi connectivity index (χ0v) is 22.2. The van der Waals surface area contributed by atoms with Gasteiger partial charge in [-0.2, -0.15) is 0 Å². The van der Waals surface area contributed by atoms with E-state index >= 15 is 0 Å². The van der Waals surface area contributed by atoms with Gasteiger partial charge < -0.3 is 9.64 Å². The maximum Gasteiger partial charge on any atom is 0.376 e. The van der Waals surface area contributed by atoms with Crippen molar-refractivity contribution in [3.8, 4) is 0 Å². The van der Waals surface area contributed by atoms with Gasteiger partial charge in [0.05, 0.1) is 22.2 Å². The Bertz CT molecular complexity index is 1240. The van der Waals surface area contributed by atoms with Gasteiger partial charge in [-0.15, -0.1) is 5.10 Å². The highest BCUT2D eigenvalue weighted by Crippen LogP contribution is 2.38. The van der Waals surface area contributed by atoms with Crippen LogP contribution in [0.5, 0.6) is 0 Å². The third-order valence-corrected chi connectivity index (χ3v) is 7.31. The van der Waals surface area contributed by atoms with E-state index in [1.165, 1.54) is 18.2 Å². The fourth-order valence-corrected chi connectivity index (χ4v) is 5.01. The zero-order valence-electron chi connectivity index (χ0n) is 20.6. The SMILES string of the molecule is CCOC(=O)C1=NN(CC)C(c2cc(Cl)c(F)cc2NS(=O)(=O)c2ccc(C(C)(C)C)cc2)N1C. The molecule has 2 aromatic rings. The van der Waals surface area contributed by atoms with Crippen molar-refractivity contribution in [3.05, 3.63) is 58.4 Å². The number of anilines is 1. The van der Waals surface area contributed by atoms with E-state index in [2.05, 4.69) is 9.82 Å². The maximum atomic E-state index is 14.5. The number of esters is 1. The van der Waals surface area contributed by atoms with E-state index < -0.39 is 28.0 Å². The number of carbonyl (C=O) groups is 1. The maximum absolute atomic E-state index is 14.5. The number of carbonyl (C=O) groups excluding carboxylic acids is 1. The molecule has 1 unspecified atom stereocenters. The number of halogens is 2. The van der Waals surface area contributed by atoms with Crippen LogP contribution in [0.15, 0.2) is 46.4 Å². The predicted octanol–water partition coefficient (Wildman–Crippen LogP) is 4.72. The van der Waals surface area contributed by atoms with Gasteiger partial charge in [0.25, 0.3) is 10.0 Å². The van der Waals surface area contributed by atoms with Crippen LogP contribution < -0.4 is 4.72 Å². The standard InChI is InChI=1S/C24H30ClFN4O4S/c1-7-30-22(29(6)21(27-30)23(31)34-8-2)17-13-18(25)19(26)14-20(17)28-35(32,33)16-11-9-15(10-12-16)24(3,4)5/h9-14,22,28H,7-8H2,1-6H3. The average Bonchev–Trinajstić information content (AvgIpc) is 3.12. The van der Waals surface area contributed by atoms with Crippen LogP contribution in [0.3, 0.4) is 0 Å². The third-order valence-electron chi connectivity index (χ3n) is 5.63. The molecule has 0 fully saturated rings. The molecule has 1 N–H and O–H groups in total. The van der Waals surface area contributed by atoms with Crippen LogP contribution in [0.1, 0.15) is 51.9 Å². The van der Waals surface area contributed by atoms with Gasteiger partial charge in [0.1, 0.15) is 12.0 Å². The first-order chi connectivity index (χ1) is 16.3. The van der Waals surface area contributed by atoms with Gasteiger partial charge in [0.2, 0.25) is 5.84 Å². The van der Waals surface area contributed by atoms with Crippen molar-refractivity contribution in [1.82, 2.24) is 9.91 Å². The van der Waals surface area contributed by atoms with Gasteiger partial charge in [-0.25, -0.2) is 17.6 Å². The van der Waals surface area contributed by atoms with Crippen molar-refractivity contribution in [2.45, 2.75) is 51.1 Å². The van der Waals surface area contributed by atoms with Gasteiger partial charge in [-0.3, -0.25) is 9.73 Å². The molecule has 1 atom stereocenters. The molecule has 35 heavy (non-hydrogen) atoms. The lowest BCUT2D eigenvalue weighted by atomic mass is 9.87. The summed E-state index contributed by atoms with van der Waals surface area (Å²) in [5.74, 6) is -1.36. The molecule has 1 aliphatic rings. The topological polar surface area (TPSA) is 91.3 Å². The zero-order chi connectivity index (χ0) is 26.1. The van der Waals surface area contributed by atoms with Crippen LogP contribution in [0.2, 0.25) is 5.02 Å². The van der Waals surface area contributed by atoms with Crippen LogP contribution in [0.4, 0.5) is 10.1 Å². The molecule has 1 aliphatic heterocycles. The van der Waals surface area contributed by atoms with E-state index in [-0.39, 0.29) is 33.5 Å². The van der Waals surface area contributed by atoms with E-state index in [4.69, 9.17) is 16.3 Å². The highest BCUT2D eigenvalue weighted by Gasteiger charge is 2.38. The lowest BCUT2D eigenvalue weighted by molar-refractivity contribution is -0.135. The molecule has 8 nitrogen and oxygen atoms in total. The second-order valence-corrected chi connectivity index (χ2v) is 11.2. The minimum atomic E-state index is -4.06. The monoisotopic (exact) mass is 524 g/mol. The first-order valence-electron chi connectivity index (χ1n) is 11.2. The van der Waals surface area contributed by atoms with Crippen molar-refractivity contribution >= 4 is 39.1 Å². The molecule has 2 aromatic carbocycles. The van der Waals surface area contributed by atoms with E-state index in [0.29, 0.717) is 12.1 Å². The van der Waals surface area contributed by atoms with Crippen LogP contribution in [0.25, 0.3) is 0 Å². The number of nitrogens with one attached hydrogen (secondary N) is 1. The predicted molar refractivity (Wildman–Crippen MR) is 134 cm³/mol. The molecular weight excluding hydrogens is 495 g/mol. The highest BCUT2D eigenvalue weighted by atomic mass is 35.5. The largest absolute Gasteiger partial charge is 0.460 e. The molecule has 190 valence electrons. The molecule has 11 heteroatoms. The third kappa shape index (κ3) is 5.54. The summed E-state index contributed by atoms with van der Waals surface area (Å²) in [5.41, 5.74) is 1.15. The molecule has 0 saturated heterocycles. The van der Waals surface area contributed by atoms with Crippen LogP contribution in [-0.2, 0) is 25.0 Å². The van der Waals surface area contributed by atoms with Crippen molar-refractivity contribution in [2.75, 3.05) is 24.9 Å². The summed E-state index contributed by atoms with van der Waals surface area (Å²) in [4.78, 5) is 14.0. The Balaban J connectivity index is 2.02. The number of nitrogens with zero attached hydrogens (tertiary/aromatic N) is 3. The summed E-state index contributed by atoms with van der Waals surface area (Å²) in [6, 6.07) is 8.89. The number of ether oxygens (including phenoxy) is 1. The number of hydrogen-bond donors (Lipinski definition) is 1. The van der Waals surface area contributed by atoms with Gasteiger partial charge in [0, 0.05) is 19.2 Å². The summed E-state index contributed by atoms with van der Waals surface area (Å²) in [6.45, 7) is 10.1. The minimum Gasteiger partial charge on any atom is -0.460 e. The Morgan fingerprint density at radius 2 is 1.83 bits per heavy atom. The molecular formula is C24H30ClFN4O4S. The van der Waals surface area contributed by atoms with Gasteiger partial charge in [-0.05, 0) is 49.1 Å². The summed E-state index contributed by atoms with van der Waals surface area (Å²) in [7, 11) is -2.44. The van der Waals surface area contributed by atoms with E-state index in [9.17, 15) is 17.6 Å². The van der Waals surface area contributed by atoms with E-state index in [1.54, 1.807) is 36.0 Å². The number of hydrazone groups is 1. The Kier molecular flexibility index (Phi) is 7.66. The Labute approximate surface area is 210 Å². The second kappa shape index (κ2) is 10.0. The highest BCUT2D eigenvalue weighted by molar-refractivity contribution is 7.92. The fourth-order valence-electron chi connectivity index (χ4n) is 3.76. The summed E-state index contributed by atoms with van der Waals surface area (Å²) in [5, 5.41) is 5.72. The number of rotatable bonds is 7. The number of amidine groups is 1. The van der Waals surface area contributed by atoms with Crippen LogP contribution in [-0.4, -0.2) is 50.3 Å². The minimum absolute atomic E-state index is 0.0117.